The van der Waals surface area contributed by atoms with E-state index in [1.54, 1.807) is 23.7 Å². The largest absolute Gasteiger partial charge is 0.377 e. The molecule has 6 heteroatoms. The number of aryl methyl sites for hydroxylation is 2. The third kappa shape index (κ3) is 3.34. The number of nitrogens with zero attached hydrogens (tertiary/aromatic N) is 3. The van der Waals surface area contributed by atoms with Crippen molar-refractivity contribution < 1.29 is 9.53 Å². The lowest BCUT2D eigenvalue weighted by atomic mass is 10.1. The van der Waals surface area contributed by atoms with Gasteiger partial charge in [0.25, 0.3) is 5.91 Å². The average Bonchev–Trinajstić information content (AvgIpc) is 3.08. The zero-order chi connectivity index (χ0) is 15.4. The quantitative estimate of drug-likeness (QED) is 0.868. The molecule has 2 aromatic heterocycles. The van der Waals surface area contributed by atoms with Crippen LogP contribution in [0.2, 0.25) is 0 Å². The predicted octanol–water partition coefficient (Wildman–Crippen LogP) is 2.32. The molecule has 1 atom stereocenters. The molecule has 0 aromatic carbocycles. The van der Waals surface area contributed by atoms with Crippen molar-refractivity contribution in [1.82, 2.24) is 14.9 Å². The number of morpholine rings is 1. The zero-order valence-corrected chi connectivity index (χ0v) is 13.4. The third-order valence-corrected chi connectivity index (χ3v) is 4.64. The van der Waals surface area contributed by atoms with Gasteiger partial charge in [-0.1, -0.05) is 0 Å². The number of thiophene rings is 1. The Balaban J connectivity index is 1.68. The first-order valence-corrected chi connectivity index (χ1v) is 8.37. The van der Waals surface area contributed by atoms with Gasteiger partial charge < -0.3 is 9.64 Å². The number of carbonyl (C=O) groups is 1. The molecule has 1 amide bonds. The van der Waals surface area contributed by atoms with E-state index in [2.05, 4.69) is 9.97 Å². The summed E-state index contributed by atoms with van der Waals surface area (Å²) in [6.45, 7) is 3.82. The van der Waals surface area contributed by atoms with E-state index in [1.165, 1.54) is 0 Å². The van der Waals surface area contributed by atoms with Gasteiger partial charge >= 0.3 is 0 Å². The molecule has 22 heavy (non-hydrogen) atoms. The van der Waals surface area contributed by atoms with Crippen molar-refractivity contribution in [3.63, 3.8) is 0 Å². The summed E-state index contributed by atoms with van der Waals surface area (Å²) in [5, 5.41) is 3.84. The van der Waals surface area contributed by atoms with Crippen molar-refractivity contribution in [2.75, 3.05) is 19.8 Å². The van der Waals surface area contributed by atoms with Crippen LogP contribution >= 0.6 is 11.3 Å². The number of rotatable bonds is 4. The molecule has 1 saturated heterocycles. The lowest BCUT2D eigenvalue weighted by Crippen LogP contribution is -2.48. The SMILES string of the molecule is Cc1nccnc1CC[C@H]1COCCN1C(=O)c1ccsc1. The summed E-state index contributed by atoms with van der Waals surface area (Å²) < 4.78 is 5.57. The van der Waals surface area contributed by atoms with Crippen LogP contribution in [0.15, 0.2) is 29.2 Å². The van der Waals surface area contributed by atoms with E-state index in [1.807, 2.05) is 28.7 Å². The monoisotopic (exact) mass is 317 g/mol. The van der Waals surface area contributed by atoms with E-state index in [9.17, 15) is 4.79 Å². The van der Waals surface area contributed by atoms with Crippen LogP contribution in [0.1, 0.15) is 28.2 Å². The normalized spacial score (nSPS) is 18.4. The fourth-order valence-corrected chi connectivity index (χ4v) is 3.33. The summed E-state index contributed by atoms with van der Waals surface area (Å²) in [5.41, 5.74) is 2.72. The first-order valence-electron chi connectivity index (χ1n) is 7.43. The summed E-state index contributed by atoms with van der Waals surface area (Å²) in [6, 6.07) is 1.98. The van der Waals surface area contributed by atoms with E-state index < -0.39 is 0 Å². The van der Waals surface area contributed by atoms with Crippen LogP contribution in [0.4, 0.5) is 0 Å². The van der Waals surface area contributed by atoms with Gasteiger partial charge in [0.05, 0.1) is 36.2 Å². The van der Waals surface area contributed by atoms with Crippen molar-refractivity contribution in [2.45, 2.75) is 25.8 Å². The second kappa shape index (κ2) is 6.98. The Morgan fingerprint density at radius 1 is 1.45 bits per heavy atom. The molecular weight excluding hydrogens is 298 g/mol. The van der Waals surface area contributed by atoms with Gasteiger partial charge in [-0.25, -0.2) is 0 Å². The average molecular weight is 317 g/mol. The molecule has 0 saturated carbocycles. The maximum absolute atomic E-state index is 12.6. The van der Waals surface area contributed by atoms with Gasteiger partial charge in [0.1, 0.15) is 0 Å². The fraction of sp³-hybridized carbons (Fsp3) is 0.438. The maximum atomic E-state index is 12.6. The molecule has 1 aliphatic heterocycles. The molecule has 1 fully saturated rings. The summed E-state index contributed by atoms with van der Waals surface area (Å²) in [5.74, 6) is 0.102. The van der Waals surface area contributed by atoms with E-state index in [0.717, 1.165) is 29.8 Å². The van der Waals surface area contributed by atoms with Crippen LogP contribution in [0.25, 0.3) is 0 Å². The van der Waals surface area contributed by atoms with Gasteiger partial charge in [0.2, 0.25) is 0 Å². The lowest BCUT2D eigenvalue weighted by molar-refractivity contribution is -0.00411. The van der Waals surface area contributed by atoms with E-state index in [0.29, 0.717) is 19.8 Å². The van der Waals surface area contributed by atoms with Crippen molar-refractivity contribution in [3.8, 4) is 0 Å². The van der Waals surface area contributed by atoms with Crippen LogP contribution in [0.3, 0.4) is 0 Å². The van der Waals surface area contributed by atoms with Gasteiger partial charge in [0.15, 0.2) is 0 Å². The molecule has 3 heterocycles. The summed E-state index contributed by atoms with van der Waals surface area (Å²) in [6.07, 6.45) is 5.07. The Labute approximate surface area is 134 Å². The maximum Gasteiger partial charge on any atom is 0.255 e. The van der Waals surface area contributed by atoms with Crippen LogP contribution in [0, 0.1) is 6.92 Å². The number of carbonyl (C=O) groups excluding carboxylic acids is 1. The first-order chi connectivity index (χ1) is 10.8. The molecule has 0 aliphatic carbocycles. The van der Waals surface area contributed by atoms with Crippen LogP contribution < -0.4 is 0 Å². The second-order valence-electron chi connectivity index (χ2n) is 5.37. The van der Waals surface area contributed by atoms with E-state index >= 15 is 0 Å². The molecule has 0 unspecified atom stereocenters. The minimum Gasteiger partial charge on any atom is -0.377 e. The summed E-state index contributed by atoms with van der Waals surface area (Å²) in [7, 11) is 0. The predicted molar refractivity (Wildman–Crippen MR) is 85.1 cm³/mol. The van der Waals surface area contributed by atoms with Gasteiger partial charge in [0, 0.05) is 24.3 Å². The highest BCUT2D eigenvalue weighted by molar-refractivity contribution is 7.08. The van der Waals surface area contributed by atoms with Crippen molar-refractivity contribution in [2.24, 2.45) is 0 Å². The number of hydrogen-bond acceptors (Lipinski definition) is 5. The third-order valence-electron chi connectivity index (χ3n) is 3.95. The lowest BCUT2D eigenvalue weighted by Gasteiger charge is -2.35. The number of hydrogen-bond donors (Lipinski definition) is 0. The fourth-order valence-electron chi connectivity index (χ4n) is 2.70. The topological polar surface area (TPSA) is 55.3 Å². The van der Waals surface area contributed by atoms with Crippen LogP contribution in [0.5, 0.6) is 0 Å². The number of aromatic nitrogens is 2. The summed E-state index contributed by atoms with van der Waals surface area (Å²) >= 11 is 1.55. The molecule has 5 nitrogen and oxygen atoms in total. The number of amides is 1. The van der Waals surface area contributed by atoms with Gasteiger partial charge in [-0.15, -0.1) is 0 Å². The molecule has 0 bridgehead atoms. The Hall–Kier alpha value is -1.79. The Morgan fingerprint density at radius 3 is 3.09 bits per heavy atom. The van der Waals surface area contributed by atoms with Crippen molar-refractivity contribution >= 4 is 17.2 Å². The summed E-state index contributed by atoms with van der Waals surface area (Å²) in [4.78, 5) is 23.2. The van der Waals surface area contributed by atoms with Crippen LogP contribution in [-0.2, 0) is 11.2 Å². The molecular formula is C16H19N3O2S. The Morgan fingerprint density at radius 2 is 2.32 bits per heavy atom. The number of ether oxygens (including phenoxy) is 1. The van der Waals surface area contributed by atoms with Gasteiger partial charge in [-0.2, -0.15) is 11.3 Å². The van der Waals surface area contributed by atoms with Crippen molar-refractivity contribution in [1.29, 1.82) is 0 Å². The first kappa shape index (κ1) is 15.1. The highest BCUT2D eigenvalue weighted by Gasteiger charge is 2.28. The standard InChI is InChI=1S/C16H19N3O2S/c1-12-15(18-6-5-17-12)3-2-14-10-21-8-7-19(14)16(20)13-4-9-22-11-13/h4-6,9,11,14H,2-3,7-8,10H2,1H3/t14-/m0/s1. The second-order valence-corrected chi connectivity index (χ2v) is 6.15. The molecule has 0 N–H and O–H groups in total. The van der Waals surface area contributed by atoms with Gasteiger partial charge in [-0.05, 0) is 31.2 Å². The molecule has 2 aromatic rings. The minimum absolute atomic E-state index is 0.0996. The highest BCUT2D eigenvalue weighted by atomic mass is 32.1. The van der Waals surface area contributed by atoms with Crippen molar-refractivity contribution in [3.05, 3.63) is 46.2 Å². The molecule has 1 aliphatic rings. The van der Waals surface area contributed by atoms with E-state index in [-0.39, 0.29) is 11.9 Å². The zero-order valence-electron chi connectivity index (χ0n) is 12.6. The molecule has 116 valence electrons. The Bertz CT molecular complexity index is 630. The Kier molecular flexibility index (Phi) is 4.80. The van der Waals surface area contributed by atoms with Crippen LogP contribution in [-0.4, -0.2) is 46.6 Å². The smallest absolute Gasteiger partial charge is 0.255 e. The minimum atomic E-state index is 0.0996. The molecule has 0 spiro atoms. The molecule has 3 rings (SSSR count). The highest BCUT2D eigenvalue weighted by Crippen LogP contribution is 2.18. The van der Waals surface area contributed by atoms with E-state index in [4.69, 9.17) is 4.74 Å². The van der Waals surface area contributed by atoms with Gasteiger partial charge in [-0.3, -0.25) is 14.8 Å². The molecule has 0 radical (unpaired) electrons.